The Bertz CT molecular complexity index is 510. The van der Waals surface area contributed by atoms with Crippen molar-refractivity contribution >= 4 is 11.9 Å². The third kappa shape index (κ3) is 3.76. The summed E-state index contributed by atoms with van der Waals surface area (Å²) in [4.78, 5) is 23.3. The number of carboxylic acids is 1. The van der Waals surface area contributed by atoms with Crippen LogP contribution in [0.15, 0.2) is 6.20 Å². The molecule has 0 bridgehead atoms. The van der Waals surface area contributed by atoms with Crippen molar-refractivity contribution in [1.29, 1.82) is 0 Å². The van der Waals surface area contributed by atoms with Crippen LogP contribution in [0.4, 0.5) is 0 Å². The molecule has 1 fully saturated rings. The van der Waals surface area contributed by atoms with Crippen molar-refractivity contribution in [2.45, 2.75) is 25.9 Å². The lowest BCUT2D eigenvalue weighted by atomic mass is 9.80. The molecule has 1 amide bonds. The number of nitrogens with one attached hydrogen (secondary N) is 1. The highest BCUT2D eigenvalue weighted by atomic mass is 16.5. The molecule has 0 aromatic carbocycles. The first-order chi connectivity index (χ1) is 10.1. The first kappa shape index (κ1) is 15.4. The van der Waals surface area contributed by atoms with E-state index in [0.717, 1.165) is 0 Å². The zero-order valence-electron chi connectivity index (χ0n) is 11.6. The van der Waals surface area contributed by atoms with Gasteiger partial charge in [-0.3, -0.25) is 9.59 Å². The van der Waals surface area contributed by atoms with Crippen LogP contribution >= 0.6 is 0 Å². The van der Waals surface area contributed by atoms with Crippen molar-refractivity contribution in [3.8, 4) is 0 Å². The second-order valence-corrected chi connectivity index (χ2v) is 5.09. The summed E-state index contributed by atoms with van der Waals surface area (Å²) < 4.78 is 6.55. The van der Waals surface area contributed by atoms with E-state index in [-0.39, 0.29) is 25.5 Å². The predicted molar refractivity (Wildman–Crippen MR) is 71.0 cm³/mol. The van der Waals surface area contributed by atoms with Crippen LogP contribution in [0.5, 0.6) is 0 Å². The second kappa shape index (κ2) is 6.64. The zero-order valence-corrected chi connectivity index (χ0v) is 11.6. The van der Waals surface area contributed by atoms with Gasteiger partial charge in [-0.05, 0) is 12.8 Å². The smallest absolute Gasteiger partial charge is 0.311 e. The molecule has 21 heavy (non-hydrogen) atoms. The standard InChI is InChI=1S/C12H19N5O4/c13-5-9-6-17(16-15-9)7-10(18)14-8-12(11(19)20)1-3-21-4-2-12/h6H,1-5,7-8,13H2,(H,14,18)(H,19,20). The Morgan fingerprint density at radius 1 is 1.48 bits per heavy atom. The van der Waals surface area contributed by atoms with Gasteiger partial charge in [0, 0.05) is 26.3 Å². The molecule has 116 valence electrons. The molecule has 2 rings (SSSR count). The van der Waals surface area contributed by atoms with Crippen LogP contribution < -0.4 is 11.1 Å². The van der Waals surface area contributed by atoms with Crippen molar-refractivity contribution < 1.29 is 19.4 Å². The molecule has 0 spiro atoms. The fourth-order valence-electron chi connectivity index (χ4n) is 2.21. The molecule has 9 heteroatoms. The molecule has 1 aliphatic rings. The van der Waals surface area contributed by atoms with E-state index in [9.17, 15) is 14.7 Å². The molecule has 1 saturated heterocycles. The normalized spacial score (nSPS) is 17.4. The molecular weight excluding hydrogens is 278 g/mol. The Morgan fingerprint density at radius 2 is 2.19 bits per heavy atom. The van der Waals surface area contributed by atoms with Crippen LogP contribution in [0.25, 0.3) is 0 Å². The Kier molecular flexibility index (Phi) is 4.86. The molecule has 0 unspecified atom stereocenters. The molecule has 4 N–H and O–H groups in total. The highest BCUT2D eigenvalue weighted by Crippen LogP contribution is 2.30. The summed E-state index contributed by atoms with van der Waals surface area (Å²) in [5.41, 5.74) is 5.05. The SMILES string of the molecule is NCc1cn(CC(=O)NCC2(C(=O)O)CCOCC2)nn1. The maximum Gasteiger partial charge on any atom is 0.311 e. The van der Waals surface area contributed by atoms with E-state index < -0.39 is 11.4 Å². The minimum absolute atomic E-state index is 0.0147. The van der Waals surface area contributed by atoms with Gasteiger partial charge < -0.3 is 20.9 Å². The number of aromatic nitrogens is 3. The largest absolute Gasteiger partial charge is 0.481 e. The molecule has 0 saturated carbocycles. The van der Waals surface area contributed by atoms with E-state index in [1.165, 1.54) is 4.68 Å². The van der Waals surface area contributed by atoms with Crippen molar-refractivity contribution in [2.75, 3.05) is 19.8 Å². The van der Waals surface area contributed by atoms with E-state index in [4.69, 9.17) is 10.5 Å². The highest BCUT2D eigenvalue weighted by molar-refractivity contribution is 5.79. The van der Waals surface area contributed by atoms with Gasteiger partial charge in [-0.15, -0.1) is 5.10 Å². The maximum absolute atomic E-state index is 11.9. The summed E-state index contributed by atoms with van der Waals surface area (Å²) in [7, 11) is 0. The van der Waals surface area contributed by atoms with Crippen LogP contribution in [0, 0.1) is 5.41 Å². The number of carbonyl (C=O) groups is 2. The van der Waals surface area contributed by atoms with E-state index in [1.54, 1.807) is 6.20 Å². The number of rotatable bonds is 6. The molecule has 1 aromatic heterocycles. The van der Waals surface area contributed by atoms with Gasteiger partial charge in [0.25, 0.3) is 0 Å². The van der Waals surface area contributed by atoms with Crippen molar-refractivity contribution in [2.24, 2.45) is 11.1 Å². The zero-order chi connectivity index (χ0) is 15.3. The lowest BCUT2D eigenvalue weighted by Gasteiger charge is -2.33. The molecule has 9 nitrogen and oxygen atoms in total. The van der Waals surface area contributed by atoms with E-state index >= 15 is 0 Å². The number of hydrogen-bond donors (Lipinski definition) is 3. The minimum Gasteiger partial charge on any atom is -0.481 e. The summed E-state index contributed by atoms with van der Waals surface area (Å²) in [6, 6.07) is 0. The number of carbonyl (C=O) groups excluding carboxylic acids is 1. The van der Waals surface area contributed by atoms with Crippen LogP contribution in [0.1, 0.15) is 18.5 Å². The quantitative estimate of drug-likeness (QED) is 0.596. The van der Waals surface area contributed by atoms with Crippen LogP contribution in [-0.4, -0.2) is 51.7 Å². The van der Waals surface area contributed by atoms with Crippen molar-refractivity contribution in [1.82, 2.24) is 20.3 Å². The van der Waals surface area contributed by atoms with Gasteiger partial charge in [0.2, 0.25) is 5.91 Å². The number of nitrogens with two attached hydrogens (primary N) is 1. The van der Waals surface area contributed by atoms with Gasteiger partial charge in [0.05, 0.1) is 17.3 Å². The lowest BCUT2D eigenvalue weighted by molar-refractivity contribution is -0.154. The number of nitrogens with zero attached hydrogens (tertiary/aromatic N) is 3. The van der Waals surface area contributed by atoms with E-state index in [0.29, 0.717) is 31.7 Å². The predicted octanol–water partition coefficient (Wildman–Crippen LogP) is -1.27. The van der Waals surface area contributed by atoms with Gasteiger partial charge in [0.15, 0.2) is 0 Å². The maximum atomic E-state index is 11.9. The summed E-state index contributed by atoms with van der Waals surface area (Å²) >= 11 is 0. The summed E-state index contributed by atoms with van der Waals surface area (Å²) in [5, 5.41) is 19.6. The Morgan fingerprint density at radius 3 is 2.76 bits per heavy atom. The van der Waals surface area contributed by atoms with Gasteiger partial charge in [-0.25, -0.2) is 4.68 Å². The van der Waals surface area contributed by atoms with Crippen LogP contribution in [-0.2, 0) is 27.4 Å². The van der Waals surface area contributed by atoms with Gasteiger partial charge >= 0.3 is 5.97 Å². The number of hydrogen-bond acceptors (Lipinski definition) is 6. The number of aliphatic carboxylic acids is 1. The monoisotopic (exact) mass is 297 g/mol. The van der Waals surface area contributed by atoms with Gasteiger partial charge in [-0.1, -0.05) is 5.21 Å². The summed E-state index contributed by atoms with van der Waals surface area (Å²) in [5.74, 6) is -1.21. The van der Waals surface area contributed by atoms with E-state index in [2.05, 4.69) is 15.6 Å². The minimum atomic E-state index is -0.946. The molecular formula is C12H19N5O4. The average Bonchev–Trinajstić information content (AvgIpc) is 2.93. The molecule has 0 atom stereocenters. The number of ether oxygens (including phenoxy) is 1. The Hall–Kier alpha value is -2.00. The van der Waals surface area contributed by atoms with Crippen molar-refractivity contribution in [3.05, 3.63) is 11.9 Å². The number of amides is 1. The van der Waals surface area contributed by atoms with Crippen LogP contribution in [0.3, 0.4) is 0 Å². The number of carboxylic acid groups (broad SMARTS) is 1. The Balaban J connectivity index is 1.88. The van der Waals surface area contributed by atoms with Gasteiger partial charge in [-0.2, -0.15) is 0 Å². The molecule has 2 heterocycles. The first-order valence-corrected chi connectivity index (χ1v) is 6.73. The highest BCUT2D eigenvalue weighted by Gasteiger charge is 2.40. The third-order valence-electron chi connectivity index (χ3n) is 3.63. The third-order valence-corrected chi connectivity index (χ3v) is 3.63. The summed E-state index contributed by atoms with van der Waals surface area (Å²) in [6.45, 7) is 1.11. The fourth-order valence-corrected chi connectivity index (χ4v) is 2.21. The second-order valence-electron chi connectivity index (χ2n) is 5.09. The average molecular weight is 297 g/mol. The molecule has 0 radical (unpaired) electrons. The lowest BCUT2D eigenvalue weighted by Crippen LogP contribution is -2.47. The molecule has 1 aromatic rings. The Labute approximate surface area is 121 Å². The molecule has 0 aliphatic carbocycles. The van der Waals surface area contributed by atoms with Gasteiger partial charge in [0.1, 0.15) is 6.54 Å². The first-order valence-electron chi connectivity index (χ1n) is 6.73. The topological polar surface area (TPSA) is 132 Å². The molecule has 1 aliphatic heterocycles. The fraction of sp³-hybridized carbons (Fsp3) is 0.667. The van der Waals surface area contributed by atoms with E-state index in [1.807, 2.05) is 0 Å². The summed E-state index contributed by atoms with van der Waals surface area (Å²) in [6.07, 6.45) is 2.37. The van der Waals surface area contributed by atoms with Crippen molar-refractivity contribution in [3.63, 3.8) is 0 Å². The van der Waals surface area contributed by atoms with Crippen LogP contribution in [0.2, 0.25) is 0 Å².